The Kier molecular flexibility index (Phi) is 4.14. The average Bonchev–Trinajstić information content (AvgIpc) is 2.25. The van der Waals surface area contributed by atoms with Gasteiger partial charge in [0.1, 0.15) is 0 Å². The largest absolute Gasteiger partial charge is 1.00 e. The molecule has 1 aromatic heterocycles. The third-order valence-electron chi connectivity index (χ3n) is 2.18. The zero-order valence-corrected chi connectivity index (χ0v) is 9.30. The quantitative estimate of drug-likeness (QED) is 0.490. The molecule has 0 aliphatic heterocycles. The van der Waals surface area contributed by atoms with Gasteiger partial charge in [-0.05, 0) is 18.2 Å². The van der Waals surface area contributed by atoms with E-state index in [2.05, 4.69) is 0 Å². The van der Waals surface area contributed by atoms with Crippen molar-refractivity contribution in [3.8, 4) is 11.5 Å². The molecular formula is C12H12ClNO2. The number of pyridine rings is 1. The third-order valence-corrected chi connectivity index (χ3v) is 2.18. The summed E-state index contributed by atoms with van der Waals surface area (Å²) < 4.78 is 1.99. The standard InChI is InChI=1S/C12H11NO2.ClH/c14-11-5-4-10(8-12(11)15)9-13-6-2-1-3-7-13;/h1-8H,9H2,(H-,14,15);1H. The highest BCUT2D eigenvalue weighted by molar-refractivity contribution is 5.40. The maximum atomic E-state index is 9.32. The number of aromatic nitrogens is 1. The SMILES string of the molecule is Oc1ccc(C[n+]2ccccc2)cc1O.[Cl-]. The van der Waals surface area contributed by atoms with E-state index in [-0.39, 0.29) is 23.9 Å². The summed E-state index contributed by atoms with van der Waals surface area (Å²) >= 11 is 0. The number of halogens is 1. The van der Waals surface area contributed by atoms with Gasteiger partial charge in [-0.2, -0.15) is 0 Å². The van der Waals surface area contributed by atoms with Crippen LogP contribution in [0, 0.1) is 0 Å². The molecule has 0 radical (unpaired) electrons. The van der Waals surface area contributed by atoms with Crippen LogP contribution in [0.4, 0.5) is 0 Å². The molecule has 0 saturated heterocycles. The second-order valence-corrected chi connectivity index (χ2v) is 3.37. The van der Waals surface area contributed by atoms with Crippen molar-refractivity contribution in [2.24, 2.45) is 0 Å². The van der Waals surface area contributed by atoms with Crippen LogP contribution in [0.15, 0.2) is 48.8 Å². The lowest BCUT2D eigenvalue weighted by Crippen LogP contribution is -3.00. The van der Waals surface area contributed by atoms with Crippen molar-refractivity contribution in [3.05, 3.63) is 54.4 Å². The molecule has 2 N–H and O–H groups in total. The van der Waals surface area contributed by atoms with Gasteiger partial charge in [-0.15, -0.1) is 0 Å². The summed E-state index contributed by atoms with van der Waals surface area (Å²) in [6, 6.07) is 10.7. The van der Waals surface area contributed by atoms with E-state index in [1.54, 1.807) is 12.1 Å². The topological polar surface area (TPSA) is 44.3 Å². The lowest BCUT2D eigenvalue weighted by molar-refractivity contribution is -0.688. The maximum absolute atomic E-state index is 9.32. The fourth-order valence-corrected chi connectivity index (χ4v) is 1.42. The smallest absolute Gasteiger partial charge is 0.173 e. The fraction of sp³-hybridized carbons (Fsp3) is 0.0833. The molecule has 0 atom stereocenters. The molecule has 0 fully saturated rings. The van der Waals surface area contributed by atoms with Crippen molar-refractivity contribution in [1.29, 1.82) is 0 Å². The van der Waals surface area contributed by atoms with E-state index in [1.165, 1.54) is 6.07 Å². The van der Waals surface area contributed by atoms with Crippen molar-refractivity contribution in [2.75, 3.05) is 0 Å². The number of phenols is 2. The molecule has 0 spiro atoms. The van der Waals surface area contributed by atoms with E-state index >= 15 is 0 Å². The Labute approximate surface area is 100 Å². The van der Waals surface area contributed by atoms with Gasteiger partial charge in [0, 0.05) is 17.7 Å². The van der Waals surface area contributed by atoms with Crippen molar-refractivity contribution in [2.45, 2.75) is 6.54 Å². The first-order chi connectivity index (χ1) is 7.25. The highest BCUT2D eigenvalue weighted by Crippen LogP contribution is 2.24. The molecule has 0 unspecified atom stereocenters. The summed E-state index contributed by atoms with van der Waals surface area (Å²) in [6.45, 7) is 0.675. The first-order valence-electron chi connectivity index (χ1n) is 4.70. The van der Waals surface area contributed by atoms with Crippen LogP contribution in [0.5, 0.6) is 11.5 Å². The van der Waals surface area contributed by atoms with E-state index in [4.69, 9.17) is 5.11 Å². The van der Waals surface area contributed by atoms with E-state index in [0.29, 0.717) is 6.54 Å². The summed E-state index contributed by atoms with van der Waals surface area (Å²) in [6.07, 6.45) is 3.90. The summed E-state index contributed by atoms with van der Waals surface area (Å²) in [5.41, 5.74) is 0.946. The van der Waals surface area contributed by atoms with Crippen LogP contribution in [0.25, 0.3) is 0 Å². The molecule has 0 aliphatic rings. The minimum atomic E-state index is -0.0863. The first-order valence-corrected chi connectivity index (χ1v) is 4.70. The molecule has 0 amide bonds. The van der Waals surface area contributed by atoms with Gasteiger partial charge in [0.15, 0.2) is 30.4 Å². The number of aromatic hydroxyl groups is 2. The summed E-state index contributed by atoms with van der Waals surface area (Å²) in [5.74, 6) is -0.166. The molecule has 0 aliphatic carbocycles. The van der Waals surface area contributed by atoms with Gasteiger partial charge < -0.3 is 22.6 Å². The Morgan fingerprint density at radius 1 is 0.938 bits per heavy atom. The Morgan fingerprint density at radius 3 is 2.25 bits per heavy atom. The lowest BCUT2D eigenvalue weighted by atomic mass is 10.2. The van der Waals surface area contributed by atoms with Gasteiger partial charge in [0.25, 0.3) is 0 Å². The van der Waals surface area contributed by atoms with Crippen LogP contribution in [0.1, 0.15) is 5.56 Å². The third kappa shape index (κ3) is 2.87. The fourth-order valence-electron chi connectivity index (χ4n) is 1.42. The zero-order chi connectivity index (χ0) is 10.7. The van der Waals surface area contributed by atoms with Crippen molar-refractivity contribution in [3.63, 3.8) is 0 Å². The van der Waals surface area contributed by atoms with E-state index in [0.717, 1.165) is 5.56 Å². The highest BCUT2D eigenvalue weighted by atomic mass is 35.5. The molecular weight excluding hydrogens is 226 g/mol. The second-order valence-electron chi connectivity index (χ2n) is 3.37. The molecule has 3 nitrogen and oxygen atoms in total. The van der Waals surface area contributed by atoms with Crippen molar-refractivity contribution >= 4 is 0 Å². The number of rotatable bonds is 2. The van der Waals surface area contributed by atoms with Crippen LogP contribution in [-0.2, 0) is 6.54 Å². The van der Waals surface area contributed by atoms with Crippen LogP contribution in [-0.4, -0.2) is 10.2 Å². The molecule has 2 rings (SSSR count). The molecule has 0 saturated carbocycles. The van der Waals surface area contributed by atoms with Crippen molar-refractivity contribution < 1.29 is 27.2 Å². The molecule has 84 valence electrons. The molecule has 4 heteroatoms. The normalized spacial score (nSPS) is 9.50. The van der Waals surface area contributed by atoms with Crippen LogP contribution >= 0.6 is 0 Å². The monoisotopic (exact) mass is 237 g/mol. The number of benzene rings is 1. The predicted molar refractivity (Wildman–Crippen MR) is 55.5 cm³/mol. The number of hydrogen-bond acceptors (Lipinski definition) is 2. The number of phenolic OH excluding ortho intramolecular Hbond substituents is 2. The summed E-state index contributed by atoms with van der Waals surface area (Å²) in [5, 5.41) is 18.5. The molecule has 0 bridgehead atoms. The van der Waals surface area contributed by atoms with E-state index in [9.17, 15) is 5.11 Å². The van der Waals surface area contributed by atoms with Crippen molar-refractivity contribution in [1.82, 2.24) is 0 Å². The number of hydrogen-bond donors (Lipinski definition) is 2. The number of nitrogens with zero attached hydrogens (tertiary/aromatic N) is 1. The second kappa shape index (κ2) is 5.37. The van der Waals surface area contributed by atoms with Gasteiger partial charge in [-0.1, -0.05) is 6.07 Å². The van der Waals surface area contributed by atoms with Gasteiger partial charge in [0.05, 0.1) is 0 Å². The molecule has 1 aromatic carbocycles. The van der Waals surface area contributed by atoms with Gasteiger partial charge in [0.2, 0.25) is 0 Å². The zero-order valence-electron chi connectivity index (χ0n) is 8.55. The van der Waals surface area contributed by atoms with E-state index < -0.39 is 0 Å². The van der Waals surface area contributed by atoms with E-state index in [1.807, 2.05) is 35.2 Å². The van der Waals surface area contributed by atoms with Gasteiger partial charge in [-0.3, -0.25) is 0 Å². The van der Waals surface area contributed by atoms with Crippen LogP contribution < -0.4 is 17.0 Å². The summed E-state index contributed by atoms with van der Waals surface area (Å²) in [7, 11) is 0. The Morgan fingerprint density at radius 2 is 1.62 bits per heavy atom. The van der Waals surface area contributed by atoms with Gasteiger partial charge >= 0.3 is 0 Å². The Hall–Kier alpha value is -1.74. The molecule has 2 aromatic rings. The average molecular weight is 238 g/mol. The minimum absolute atomic E-state index is 0. The minimum Gasteiger partial charge on any atom is -1.00 e. The molecule has 1 heterocycles. The Bertz CT molecular complexity index is 460. The predicted octanol–water partition coefficient (Wildman–Crippen LogP) is -1.56. The molecule has 16 heavy (non-hydrogen) atoms. The Balaban J connectivity index is 0.00000128. The maximum Gasteiger partial charge on any atom is 0.173 e. The van der Waals surface area contributed by atoms with Crippen LogP contribution in [0.2, 0.25) is 0 Å². The van der Waals surface area contributed by atoms with Crippen LogP contribution in [0.3, 0.4) is 0 Å². The van der Waals surface area contributed by atoms with Gasteiger partial charge in [-0.25, -0.2) is 4.57 Å². The first kappa shape index (κ1) is 12.3. The lowest BCUT2D eigenvalue weighted by Gasteiger charge is -2.00. The summed E-state index contributed by atoms with van der Waals surface area (Å²) in [4.78, 5) is 0. The highest BCUT2D eigenvalue weighted by Gasteiger charge is 2.04.